The lowest BCUT2D eigenvalue weighted by molar-refractivity contribution is 0.102. The number of hydrogen-bond acceptors (Lipinski definition) is 1. The first kappa shape index (κ1) is 14.8. The lowest BCUT2D eigenvalue weighted by Gasteiger charge is -2.07. The summed E-state index contributed by atoms with van der Waals surface area (Å²) < 4.78 is 0. The average molecular weight is 332 g/mol. The fourth-order valence-electron chi connectivity index (χ4n) is 2.04. The Morgan fingerprint density at radius 2 is 1.85 bits per heavy atom. The van der Waals surface area contributed by atoms with Gasteiger partial charge >= 0.3 is 0 Å². The summed E-state index contributed by atoms with van der Waals surface area (Å²) in [5, 5.41) is 3.67. The Labute approximate surface area is 128 Å². The molecule has 2 aromatic rings. The Hall–Kier alpha value is -1.61. The Morgan fingerprint density at radius 1 is 1.10 bits per heavy atom. The van der Waals surface area contributed by atoms with Crippen LogP contribution < -0.4 is 5.32 Å². The highest BCUT2D eigenvalue weighted by atomic mass is 79.9. The molecule has 0 aliphatic heterocycles. The highest BCUT2D eigenvalue weighted by Gasteiger charge is 2.06. The molecule has 0 unspecified atom stereocenters. The minimum absolute atomic E-state index is 0.0731. The molecule has 0 bridgehead atoms. The van der Waals surface area contributed by atoms with E-state index in [0.717, 1.165) is 29.4 Å². The van der Waals surface area contributed by atoms with Crippen molar-refractivity contribution in [1.82, 2.24) is 0 Å². The van der Waals surface area contributed by atoms with E-state index in [0.29, 0.717) is 5.56 Å². The molecule has 3 heteroatoms. The van der Waals surface area contributed by atoms with Gasteiger partial charge in [-0.05, 0) is 41.8 Å². The molecule has 0 saturated heterocycles. The minimum Gasteiger partial charge on any atom is -0.322 e. The Balaban J connectivity index is 2.06. The van der Waals surface area contributed by atoms with Gasteiger partial charge in [0.05, 0.1) is 0 Å². The maximum atomic E-state index is 12.2. The van der Waals surface area contributed by atoms with E-state index in [4.69, 9.17) is 0 Å². The maximum Gasteiger partial charge on any atom is 0.255 e. The van der Waals surface area contributed by atoms with Crippen molar-refractivity contribution >= 4 is 27.5 Å². The average Bonchev–Trinajstić information content (AvgIpc) is 2.49. The second kappa shape index (κ2) is 7.25. The van der Waals surface area contributed by atoms with E-state index in [1.807, 2.05) is 36.4 Å². The number of amides is 1. The van der Waals surface area contributed by atoms with Crippen molar-refractivity contribution in [3.05, 3.63) is 65.2 Å². The molecule has 0 spiro atoms. The van der Waals surface area contributed by atoms with Crippen LogP contribution in [0.25, 0.3) is 0 Å². The van der Waals surface area contributed by atoms with Crippen LogP contribution in [0.15, 0.2) is 48.5 Å². The molecule has 0 aliphatic carbocycles. The summed E-state index contributed by atoms with van der Waals surface area (Å²) in [6, 6.07) is 15.7. The fourth-order valence-corrected chi connectivity index (χ4v) is 2.39. The molecule has 0 saturated carbocycles. The highest BCUT2D eigenvalue weighted by molar-refractivity contribution is 9.08. The van der Waals surface area contributed by atoms with Crippen LogP contribution in [0.5, 0.6) is 0 Å². The van der Waals surface area contributed by atoms with E-state index in [-0.39, 0.29) is 5.91 Å². The molecule has 2 rings (SSSR count). The number of aryl methyl sites for hydroxylation is 1. The fraction of sp³-hybridized carbons (Fsp3) is 0.235. The molecular weight excluding hydrogens is 314 g/mol. The molecule has 0 aliphatic rings. The largest absolute Gasteiger partial charge is 0.322 e. The van der Waals surface area contributed by atoms with Gasteiger partial charge in [0.1, 0.15) is 0 Å². The molecule has 20 heavy (non-hydrogen) atoms. The van der Waals surface area contributed by atoms with Gasteiger partial charge in [-0.2, -0.15) is 0 Å². The lowest BCUT2D eigenvalue weighted by atomic mass is 10.1. The van der Waals surface area contributed by atoms with Gasteiger partial charge in [-0.25, -0.2) is 0 Å². The van der Waals surface area contributed by atoms with Gasteiger partial charge in [-0.1, -0.05) is 53.5 Å². The van der Waals surface area contributed by atoms with Crippen LogP contribution in [-0.2, 0) is 11.8 Å². The van der Waals surface area contributed by atoms with Gasteiger partial charge < -0.3 is 5.32 Å². The number of carbonyl (C=O) groups is 1. The van der Waals surface area contributed by atoms with Crippen LogP contribution in [0.4, 0.5) is 5.69 Å². The summed E-state index contributed by atoms with van der Waals surface area (Å²) in [7, 11) is 0. The van der Waals surface area contributed by atoms with Gasteiger partial charge in [0.15, 0.2) is 0 Å². The standard InChI is InChI=1S/C17H18BrNO/c1-2-4-13-7-9-16(10-8-13)19-17(20)15-6-3-5-14(11-15)12-18/h3,5-11H,2,4,12H2,1H3,(H,19,20). The first-order valence-corrected chi connectivity index (χ1v) is 7.90. The number of halogens is 1. The molecule has 0 heterocycles. The number of anilines is 1. The van der Waals surface area contributed by atoms with Crippen LogP contribution in [0.3, 0.4) is 0 Å². The van der Waals surface area contributed by atoms with Crippen molar-refractivity contribution < 1.29 is 4.79 Å². The summed E-state index contributed by atoms with van der Waals surface area (Å²) in [6.45, 7) is 2.16. The number of hydrogen-bond donors (Lipinski definition) is 1. The number of rotatable bonds is 5. The van der Waals surface area contributed by atoms with Crippen molar-refractivity contribution in [3.63, 3.8) is 0 Å². The first-order chi connectivity index (χ1) is 9.72. The van der Waals surface area contributed by atoms with Crippen molar-refractivity contribution in [2.24, 2.45) is 0 Å². The first-order valence-electron chi connectivity index (χ1n) is 6.78. The monoisotopic (exact) mass is 331 g/mol. The van der Waals surface area contributed by atoms with Gasteiger partial charge in [0.25, 0.3) is 5.91 Å². The van der Waals surface area contributed by atoms with Crippen LogP contribution in [0.1, 0.15) is 34.8 Å². The zero-order valence-corrected chi connectivity index (χ0v) is 13.1. The summed E-state index contributed by atoms with van der Waals surface area (Å²) in [5.41, 5.74) is 3.90. The molecule has 0 atom stereocenters. The molecule has 0 fully saturated rings. The Kier molecular flexibility index (Phi) is 5.36. The second-order valence-corrected chi connectivity index (χ2v) is 5.30. The second-order valence-electron chi connectivity index (χ2n) is 4.74. The van der Waals surface area contributed by atoms with E-state index in [1.54, 1.807) is 0 Å². The quantitative estimate of drug-likeness (QED) is 0.784. The maximum absolute atomic E-state index is 12.2. The van der Waals surface area contributed by atoms with Crippen LogP contribution in [0, 0.1) is 0 Å². The van der Waals surface area contributed by atoms with Gasteiger partial charge in [-0.3, -0.25) is 4.79 Å². The zero-order chi connectivity index (χ0) is 14.4. The number of carbonyl (C=O) groups excluding carboxylic acids is 1. The van der Waals surface area contributed by atoms with Crippen molar-refractivity contribution in [1.29, 1.82) is 0 Å². The number of benzene rings is 2. The summed E-state index contributed by atoms with van der Waals surface area (Å²) in [4.78, 5) is 12.2. The van der Waals surface area contributed by atoms with Crippen LogP contribution >= 0.6 is 15.9 Å². The summed E-state index contributed by atoms with van der Waals surface area (Å²) in [6.07, 6.45) is 2.20. The molecule has 0 aromatic heterocycles. The molecule has 1 N–H and O–H groups in total. The third kappa shape index (κ3) is 3.94. The topological polar surface area (TPSA) is 29.1 Å². The van der Waals surface area contributed by atoms with E-state index in [2.05, 4.69) is 40.3 Å². The minimum atomic E-state index is -0.0731. The van der Waals surface area contributed by atoms with Gasteiger partial charge in [-0.15, -0.1) is 0 Å². The van der Waals surface area contributed by atoms with E-state index in [1.165, 1.54) is 5.56 Å². The Bertz CT molecular complexity index is 578. The zero-order valence-electron chi connectivity index (χ0n) is 11.5. The van der Waals surface area contributed by atoms with Crippen molar-refractivity contribution in [3.8, 4) is 0 Å². The summed E-state index contributed by atoms with van der Waals surface area (Å²) in [5.74, 6) is -0.0731. The lowest BCUT2D eigenvalue weighted by Crippen LogP contribution is -2.12. The van der Waals surface area contributed by atoms with E-state index < -0.39 is 0 Å². The molecule has 2 nitrogen and oxygen atoms in total. The predicted octanol–water partition coefficient (Wildman–Crippen LogP) is 4.79. The van der Waals surface area contributed by atoms with Crippen LogP contribution in [-0.4, -0.2) is 5.91 Å². The van der Waals surface area contributed by atoms with Gasteiger partial charge in [0.2, 0.25) is 0 Å². The number of nitrogens with one attached hydrogen (secondary N) is 1. The third-order valence-corrected chi connectivity index (χ3v) is 3.74. The Morgan fingerprint density at radius 3 is 2.50 bits per heavy atom. The number of alkyl halides is 1. The molecule has 1 amide bonds. The summed E-state index contributed by atoms with van der Waals surface area (Å²) >= 11 is 3.40. The van der Waals surface area contributed by atoms with E-state index >= 15 is 0 Å². The van der Waals surface area contributed by atoms with Crippen LogP contribution in [0.2, 0.25) is 0 Å². The SMILES string of the molecule is CCCc1ccc(NC(=O)c2cccc(CBr)c2)cc1. The molecule has 0 radical (unpaired) electrons. The van der Waals surface area contributed by atoms with Crippen molar-refractivity contribution in [2.45, 2.75) is 25.1 Å². The highest BCUT2D eigenvalue weighted by Crippen LogP contribution is 2.14. The third-order valence-electron chi connectivity index (χ3n) is 3.09. The molecular formula is C17H18BrNO. The smallest absolute Gasteiger partial charge is 0.255 e. The normalized spacial score (nSPS) is 10.3. The van der Waals surface area contributed by atoms with Gasteiger partial charge in [0, 0.05) is 16.6 Å². The predicted molar refractivity (Wildman–Crippen MR) is 87.5 cm³/mol. The van der Waals surface area contributed by atoms with Crippen molar-refractivity contribution in [2.75, 3.05) is 5.32 Å². The molecule has 104 valence electrons. The van der Waals surface area contributed by atoms with E-state index in [9.17, 15) is 4.79 Å². The molecule has 2 aromatic carbocycles.